The van der Waals surface area contributed by atoms with Crippen LogP contribution in [0.25, 0.3) is 0 Å². The van der Waals surface area contributed by atoms with E-state index in [9.17, 15) is 19.2 Å². The summed E-state index contributed by atoms with van der Waals surface area (Å²) in [6.07, 6.45) is -0.0988. The van der Waals surface area contributed by atoms with Gasteiger partial charge in [0.05, 0.1) is 13.0 Å². The first-order valence-corrected chi connectivity index (χ1v) is 5.29. The van der Waals surface area contributed by atoms with Crippen molar-refractivity contribution in [2.75, 3.05) is 19.7 Å². The highest BCUT2D eigenvalue weighted by atomic mass is 16.5. The predicted molar refractivity (Wildman–Crippen MR) is 55.6 cm³/mol. The molecular weight excluding hydrogens is 228 g/mol. The molecule has 17 heavy (non-hydrogen) atoms. The van der Waals surface area contributed by atoms with Crippen molar-refractivity contribution in [2.45, 2.75) is 19.8 Å². The van der Waals surface area contributed by atoms with Crippen molar-refractivity contribution in [3.05, 3.63) is 0 Å². The lowest BCUT2D eigenvalue weighted by atomic mass is 10.2. The van der Waals surface area contributed by atoms with Crippen LogP contribution in [0.15, 0.2) is 0 Å². The average molecular weight is 242 g/mol. The van der Waals surface area contributed by atoms with Gasteiger partial charge >= 0.3 is 5.97 Å². The molecule has 0 bridgehead atoms. The highest BCUT2D eigenvalue weighted by Crippen LogP contribution is 2.02. The Hall–Kier alpha value is -1.92. The van der Waals surface area contributed by atoms with Crippen LogP contribution in [-0.4, -0.2) is 48.3 Å². The SMILES string of the molecule is CCOC(=O)CCC(=O)N1CC(=O)NC(=O)C1. The lowest BCUT2D eigenvalue weighted by molar-refractivity contribution is -0.148. The van der Waals surface area contributed by atoms with Crippen LogP contribution in [0.5, 0.6) is 0 Å². The van der Waals surface area contributed by atoms with Gasteiger partial charge in [-0.05, 0) is 6.92 Å². The molecule has 0 radical (unpaired) electrons. The van der Waals surface area contributed by atoms with Crippen molar-refractivity contribution in [1.29, 1.82) is 0 Å². The maximum Gasteiger partial charge on any atom is 0.306 e. The smallest absolute Gasteiger partial charge is 0.306 e. The lowest BCUT2D eigenvalue weighted by Crippen LogP contribution is -2.53. The number of ether oxygens (including phenoxy) is 1. The zero-order valence-corrected chi connectivity index (χ0v) is 9.52. The zero-order valence-electron chi connectivity index (χ0n) is 9.52. The molecule has 7 nitrogen and oxygen atoms in total. The number of piperazine rings is 1. The molecule has 1 aliphatic rings. The normalized spacial score (nSPS) is 15.5. The molecule has 0 aromatic rings. The van der Waals surface area contributed by atoms with E-state index in [2.05, 4.69) is 10.1 Å². The van der Waals surface area contributed by atoms with Crippen LogP contribution in [0.3, 0.4) is 0 Å². The number of amides is 3. The second kappa shape index (κ2) is 5.97. The van der Waals surface area contributed by atoms with Crippen LogP contribution >= 0.6 is 0 Å². The van der Waals surface area contributed by atoms with E-state index in [1.807, 2.05) is 0 Å². The molecular formula is C10H14N2O5. The van der Waals surface area contributed by atoms with Crippen molar-refractivity contribution in [1.82, 2.24) is 10.2 Å². The van der Waals surface area contributed by atoms with Crippen LogP contribution < -0.4 is 5.32 Å². The summed E-state index contributed by atoms with van der Waals surface area (Å²) in [6, 6.07) is 0. The summed E-state index contributed by atoms with van der Waals surface area (Å²) >= 11 is 0. The molecule has 0 atom stereocenters. The summed E-state index contributed by atoms with van der Waals surface area (Å²) in [4.78, 5) is 45.8. The van der Waals surface area contributed by atoms with Crippen molar-refractivity contribution in [3.8, 4) is 0 Å². The Labute approximate surface area is 98.1 Å². The molecule has 0 spiro atoms. The highest BCUT2D eigenvalue weighted by molar-refractivity contribution is 6.02. The van der Waals surface area contributed by atoms with E-state index < -0.39 is 23.7 Å². The maximum absolute atomic E-state index is 11.6. The lowest BCUT2D eigenvalue weighted by Gasteiger charge is -2.25. The summed E-state index contributed by atoms with van der Waals surface area (Å²) in [5.74, 6) is -1.88. The molecule has 1 aliphatic heterocycles. The number of hydrogen-bond donors (Lipinski definition) is 1. The largest absolute Gasteiger partial charge is 0.466 e. The minimum atomic E-state index is -0.509. The van der Waals surface area contributed by atoms with E-state index in [4.69, 9.17) is 0 Å². The Morgan fingerprint density at radius 1 is 1.24 bits per heavy atom. The van der Waals surface area contributed by atoms with Gasteiger partial charge in [0.1, 0.15) is 13.1 Å². The van der Waals surface area contributed by atoms with Gasteiger partial charge in [-0.25, -0.2) is 0 Å². The van der Waals surface area contributed by atoms with Crippen LogP contribution in [0.4, 0.5) is 0 Å². The Bertz CT molecular complexity index is 337. The van der Waals surface area contributed by atoms with Gasteiger partial charge in [-0.3, -0.25) is 24.5 Å². The van der Waals surface area contributed by atoms with Gasteiger partial charge in [0.2, 0.25) is 17.7 Å². The second-order valence-corrected chi connectivity index (χ2v) is 3.53. The Morgan fingerprint density at radius 3 is 2.35 bits per heavy atom. The van der Waals surface area contributed by atoms with Crippen LogP contribution in [0, 0.1) is 0 Å². The molecule has 0 aliphatic carbocycles. The van der Waals surface area contributed by atoms with Gasteiger partial charge < -0.3 is 9.64 Å². The molecule has 0 aromatic carbocycles. The molecule has 3 amide bonds. The van der Waals surface area contributed by atoms with Crippen molar-refractivity contribution in [2.24, 2.45) is 0 Å². The summed E-state index contributed by atoms with van der Waals surface area (Å²) in [5.41, 5.74) is 0. The molecule has 1 saturated heterocycles. The zero-order chi connectivity index (χ0) is 12.8. The number of nitrogens with zero attached hydrogens (tertiary/aromatic N) is 1. The van der Waals surface area contributed by atoms with Crippen molar-refractivity contribution >= 4 is 23.7 Å². The summed E-state index contributed by atoms with van der Waals surface area (Å²) in [7, 11) is 0. The summed E-state index contributed by atoms with van der Waals surface area (Å²) in [6.45, 7) is 1.64. The summed E-state index contributed by atoms with van der Waals surface area (Å²) in [5, 5.41) is 2.09. The van der Waals surface area contributed by atoms with E-state index in [1.54, 1.807) is 6.92 Å². The van der Waals surface area contributed by atoms with E-state index in [1.165, 1.54) is 0 Å². The van der Waals surface area contributed by atoms with Gasteiger partial charge in [0.25, 0.3) is 0 Å². The third-order valence-electron chi connectivity index (χ3n) is 2.15. The molecule has 7 heteroatoms. The molecule has 1 N–H and O–H groups in total. The minimum absolute atomic E-state index is 0.0427. The highest BCUT2D eigenvalue weighted by Gasteiger charge is 2.26. The molecule has 1 heterocycles. The summed E-state index contributed by atoms with van der Waals surface area (Å²) < 4.78 is 4.67. The number of carbonyl (C=O) groups excluding carboxylic acids is 4. The van der Waals surface area contributed by atoms with Gasteiger partial charge in [0, 0.05) is 6.42 Å². The van der Waals surface area contributed by atoms with E-state index in [0.717, 1.165) is 4.90 Å². The first-order chi connectivity index (χ1) is 8.02. The fraction of sp³-hybridized carbons (Fsp3) is 0.600. The van der Waals surface area contributed by atoms with Crippen LogP contribution in [0.2, 0.25) is 0 Å². The average Bonchev–Trinajstić information content (AvgIpc) is 2.25. The van der Waals surface area contributed by atoms with E-state index in [0.29, 0.717) is 0 Å². The fourth-order valence-electron chi connectivity index (χ4n) is 1.41. The van der Waals surface area contributed by atoms with Gasteiger partial charge in [-0.1, -0.05) is 0 Å². The number of nitrogens with one attached hydrogen (secondary N) is 1. The third kappa shape index (κ3) is 4.21. The molecule has 1 rings (SSSR count). The third-order valence-corrected chi connectivity index (χ3v) is 2.15. The number of carbonyl (C=O) groups is 4. The fourth-order valence-corrected chi connectivity index (χ4v) is 1.41. The second-order valence-electron chi connectivity index (χ2n) is 3.53. The van der Waals surface area contributed by atoms with Crippen molar-refractivity contribution in [3.63, 3.8) is 0 Å². The molecule has 0 saturated carbocycles. The molecule has 94 valence electrons. The maximum atomic E-state index is 11.6. The number of esters is 1. The molecule has 0 unspecified atom stereocenters. The minimum Gasteiger partial charge on any atom is -0.466 e. The van der Waals surface area contributed by atoms with Gasteiger partial charge in [0.15, 0.2) is 0 Å². The predicted octanol–water partition coefficient (Wildman–Crippen LogP) is -1.19. The Morgan fingerprint density at radius 2 is 1.82 bits per heavy atom. The molecule has 0 aromatic heterocycles. The molecule has 1 fully saturated rings. The van der Waals surface area contributed by atoms with E-state index >= 15 is 0 Å². The number of hydrogen-bond acceptors (Lipinski definition) is 5. The first kappa shape index (κ1) is 13.1. The van der Waals surface area contributed by atoms with Gasteiger partial charge in [-0.2, -0.15) is 0 Å². The quantitative estimate of drug-likeness (QED) is 0.494. The number of rotatable bonds is 4. The monoisotopic (exact) mass is 242 g/mol. The van der Waals surface area contributed by atoms with Crippen LogP contribution in [0.1, 0.15) is 19.8 Å². The Balaban J connectivity index is 2.39. The Kier molecular flexibility index (Phi) is 4.62. The topological polar surface area (TPSA) is 92.8 Å². The van der Waals surface area contributed by atoms with E-state index in [-0.39, 0.29) is 32.5 Å². The number of imide groups is 1. The van der Waals surface area contributed by atoms with Crippen molar-refractivity contribution < 1.29 is 23.9 Å². The first-order valence-electron chi connectivity index (χ1n) is 5.29. The van der Waals surface area contributed by atoms with Gasteiger partial charge in [-0.15, -0.1) is 0 Å². The standard InChI is InChI=1S/C10H14N2O5/c1-2-17-10(16)4-3-9(15)12-5-7(13)11-8(14)6-12/h2-6H2,1H3,(H,11,13,14). The van der Waals surface area contributed by atoms with Crippen LogP contribution in [-0.2, 0) is 23.9 Å².